The molecule has 0 fully saturated rings. The summed E-state index contributed by atoms with van der Waals surface area (Å²) in [6.45, 7) is 2.58. The standard InChI is InChI=1S/C13H12Br2N2O/c1-8-2-3-16-12(4-8)17-7-9-5-10(14)6-11(15)13(9)18/h2-6,18H,7H2,1H3,(H,16,17)/p+1. The fraction of sp³-hybridized carbons (Fsp3) is 0.154. The Morgan fingerprint density at radius 3 is 2.78 bits per heavy atom. The molecule has 0 unspecified atom stereocenters. The van der Waals surface area contributed by atoms with E-state index in [1.54, 1.807) is 0 Å². The van der Waals surface area contributed by atoms with Gasteiger partial charge in [0.1, 0.15) is 12.3 Å². The number of phenols is 1. The summed E-state index contributed by atoms with van der Waals surface area (Å²) in [7, 11) is 0. The van der Waals surface area contributed by atoms with Crippen molar-refractivity contribution in [3.05, 3.63) is 50.5 Å². The van der Waals surface area contributed by atoms with Crippen LogP contribution in [0.15, 0.2) is 39.4 Å². The van der Waals surface area contributed by atoms with E-state index in [-0.39, 0.29) is 5.75 Å². The zero-order chi connectivity index (χ0) is 13.1. The molecule has 2 rings (SSSR count). The molecule has 0 aliphatic heterocycles. The maximum atomic E-state index is 9.94. The van der Waals surface area contributed by atoms with Gasteiger partial charge in [-0.1, -0.05) is 15.9 Å². The number of H-pyrrole nitrogens is 1. The molecule has 0 atom stereocenters. The van der Waals surface area contributed by atoms with E-state index in [0.29, 0.717) is 11.0 Å². The molecule has 0 saturated heterocycles. The number of hydrogen-bond acceptors (Lipinski definition) is 2. The van der Waals surface area contributed by atoms with E-state index in [9.17, 15) is 5.11 Å². The molecule has 0 aliphatic carbocycles. The Morgan fingerprint density at radius 1 is 1.28 bits per heavy atom. The van der Waals surface area contributed by atoms with Gasteiger partial charge in [-0.15, -0.1) is 0 Å². The van der Waals surface area contributed by atoms with Crippen molar-refractivity contribution in [2.75, 3.05) is 5.32 Å². The summed E-state index contributed by atoms with van der Waals surface area (Å²) >= 11 is 6.73. The molecule has 0 bridgehead atoms. The molecule has 0 radical (unpaired) electrons. The lowest BCUT2D eigenvalue weighted by Gasteiger charge is -2.06. The summed E-state index contributed by atoms with van der Waals surface area (Å²) in [6, 6.07) is 7.73. The van der Waals surface area contributed by atoms with Gasteiger partial charge in [-0.25, -0.2) is 4.98 Å². The molecule has 0 spiro atoms. The lowest BCUT2D eigenvalue weighted by Crippen LogP contribution is -2.12. The topological polar surface area (TPSA) is 46.4 Å². The monoisotopic (exact) mass is 371 g/mol. The molecule has 2 aromatic rings. The van der Waals surface area contributed by atoms with Crippen LogP contribution in [0.5, 0.6) is 5.75 Å². The number of halogens is 2. The second-order valence-electron chi connectivity index (χ2n) is 4.03. The summed E-state index contributed by atoms with van der Waals surface area (Å²) < 4.78 is 1.61. The lowest BCUT2D eigenvalue weighted by molar-refractivity contribution is -0.361. The number of aromatic nitrogens is 1. The predicted octanol–water partition coefficient (Wildman–Crippen LogP) is 3.65. The predicted molar refractivity (Wildman–Crippen MR) is 78.6 cm³/mol. The summed E-state index contributed by atoms with van der Waals surface area (Å²) in [5.74, 6) is 1.18. The second kappa shape index (κ2) is 5.71. The Morgan fingerprint density at radius 2 is 2.06 bits per heavy atom. The minimum atomic E-state index is 0.262. The van der Waals surface area contributed by atoms with Crippen molar-refractivity contribution in [1.82, 2.24) is 0 Å². The quantitative estimate of drug-likeness (QED) is 0.863. The third-order valence-electron chi connectivity index (χ3n) is 2.53. The van der Waals surface area contributed by atoms with E-state index in [1.165, 1.54) is 5.56 Å². The van der Waals surface area contributed by atoms with Crippen LogP contribution in [-0.4, -0.2) is 5.11 Å². The van der Waals surface area contributed by atoms with Crippen molar-refractivity contribution in [3.8, 4) is 5.75 Å². The van der Waals surface area contributed by atoms with Gasteiger partial charge < -0.3 is 5.11 Å². The number of hydrogen-bond donors (Lipinski definition) is 2. The summed E-state index contributed by atoms with van der Waals surface area (Å²) in [5.41, 5.74) is 2.00. The molecule has 0 saturated carbocycles. The molecular formula is C13H13Br2N2O+. The van der Waals surface area contributed by atoms with Gasteiger partial charge in [0.2, 0.25) is 0 Å². The Labute approximate surface area is 123 Å². The van der Waals surface area contributed by atoms with Gasteiger partial charge in [0.05, 0.1) is 10.7 Å². The lowest BCUT2D eigenvalue weighted by atomic mass is 10.2. The smallest absolute Gasteiger partial charge is 0.272 e. The van der Waals surface area contributed by atoms with Crippen LogP contribution >= 0.6 is 31.9 Å². The van der Waals surface area contributed by atoms with Gasteiger partial charge in [0.25, 0.3) is 5.82 Å². The van der Waals surface area contributed by atoms with E-state index in [2.05, 4.69) is 42.2 Å². The molecule has 3 N–H and O–H groups in total. The van der Waals surface area contributed by atoms with E-state index in [4.69, 9.17) is 0 Å². The third kappa shape index (κ3) is 3.23. The maximum Gasteiger partial charge on any atom is 0.272 e. The molecule has 18 heavy (non-hydrogen) atoms. The highest BCUT2D eigenvalue weighted by molar-refractivity contribution is 9.11. The molecule has 1 aromatic carbocycles. The zero-order valence-electron chi connectivity index (χ0n) is 9.80. The average Bonchev–Trinajstić information content (AvgIpc) is 2.32. The number of aryl methyl sites for hydroxylation is 1. The van der Waals surface area contributed by atoms with Gasteiger partial charge in [0.15, 0.2) is 0 Å². The summed E-state index contributed by atoms with van der Waals surface area (Å²) in [5, 5.41) is 13.2. The van der Waals surface area contributed by atoms with Crippen molar-refractivity contribution >= 4 is 37.7 Å². The molecule has 3 nitrogen and oxygen atoms in total. The van der Waals surface area contributed by atoms with Crippen LogP contribution in [-0.2, 0) is 6.54 Å². The van der Waals surface area contributed by atoms with Crippen molar-refractivity contribution in [2.24, 2.45) is 0 Å². The molecule has 0 amide bonds. The van der Waals surface area contributed by atoms with Crippen molar-refractivity contribution in [1.29, 1.82) is 0 Å². The van der Waals surface area contributed by atoms with E-state index >= 15 is 0 Å². The van der Waals surface area contributed by atoms with Gasteiger partial charge in [-0.2, -0.15) is 0 Å². The number of anilines is 1. The van der Waals surface area contributed by atoms with Gasteiger partial charge in [-0.05, 0) is 46.6 Å². The average molecular weight is 373 g/mol. The zero-order valence-corrected chi connectivity index (χ0v) is 13.0. The SMILES string of the molecule is Cc1cc[nH+]c(NCc2cc(Br)cc(Br)c2O)c1. The Kier molecular flexibility index (Phi) is 4.24. The summed E-state index contributed by atoms with van der Waals surface area (Å²) in [6.07, 6.45) is 1.88. The molecule has 0 aliphatic rings. The first-order chi connectivity index (χ1) is 8.56. The number of pyridine rings is 1. The fourth-order valence-corrected chi connectivity index (χ4v) is 2.94. The van der Waals surface area contributed by atoms with Crippen molar-refractivity contribution in [3.63, 3.8) is 0 Å². The van der Waals surface area contributed by atoms with E-state index in [0.717, 1.165) is 15.9 Å². The minimum Gasteiger partial charge on any atom is -0.506 e. The summed E-state index contributed by atoms with van der Waals surface area (Å²) in [4.78, 5) is 3.11. The number of aromatic amines is 1. The van der Waals surface area contributed by atoms with Crippen molar-refractivity contribution in [2.45, 2.75) is 13.5 Å². The first-order valence-corrected chi connectivity index (χ1v) is 7.04. The second-order valence-corrected chi connectivity index (χ2v) is 5.80. The largest absolute Gasteiger partial charge is 0.506 e. The van der Waals surface area contributed by atoms with Crippen molar-refractivity contribution < 1.29 is 10.1 Å². The van der Waals surface area contributed by atoms with Crippen LogP contribution in [0.25, 0.3) is 0 Å². The van der Waals surface area contributed by atoms with Crippen LogP contribution in [0.1, 0.15) is 11.1 Å². The minimum absolute atomic E-state index is 0.262. The highest BCUT2D eigenvalue weighted by Gasteiger charge is 2.10. The number of nitrogens with one attached hydrogen (secondary N) is 2. The van der Waals surface area contributed by atoms with Gasteiger partial charge in [-0.3, -0.25) is 5.32 Å². The Bertz CT molecular complexity index is 573. The number of aromatic hydroxyl groups is 1. The van der Waals surface area contributed by atoms with Crippen LogP contribution < -0.4 is 10.3 Å². The van der Waals surface area contributed by atoms with Crippen LogP contribution in [0, 0.1) is 6.92 Å². The maximum absolute atomic E-state index is 9.94. The first kappa shape index (κ1) is 13.4. The Hall–Kier alpha value is -1.07. The van der Waals surface area contributed by atoms with E-state index < -0.39 is 0 Å². The molecule has 5 heteroatoms. The van der Waals surface area contributed by atoms with Crippen LogP contribution in [0.2, 0.25) is 0 Å². The Balaban J connectivity index is 2.15. The number of rotatable bonds is 3. The highest BCUT2D eigenvalue weighted by Crippen LogP contribution is 2.31. The molecule has 94 valence electrons. The van der Waals surface area contributed by atoms with Crippen LogP contribution in [0.3, 0.4) is 0 Å². The number of phenolic OH excluding ortho intramolecular Hbond substituents is 1. The highest BCUT2D eigenvalue weighted by atomic mass is 79.9. The first-order valence-electron chi connectivity index (χ1n) is 5.45. The molecule has 1 heterocycles. The van der Waals surface area contributed by atoms with Gasteiger partial charge >= 0.3 is 0 Å². The normalized spacial score (nSPS) is 10.4. The number of benzene rings is 1. The van der Waals surface area contributed by atoms with Crippen LogP contribution in [0.4, 0.5) is 5.82 Å². The fourth-order valence-electron chi connectivity index (χ4n) is 1.63. The third-order valence-corrected chi connectivity index (χ3v) is 3.60. The molecular weight excluding hydrogens is 360 g/mol. The van der Waals surface area contributed by atoms with E-state index in [1.807, 2.05) is 37.4 Å². The van der Waals surface area contributed by atoms with Gasteiger partial charge in [0, 0.05) is 16.1 Å². The molecule has 1 aromatic heterocycles.